The molecule has 0 radical (unpaired) electrons. The van der Waals surface area contributed by atoms with Gasteiger partial charge in [0.05, 0.1) is 14.2 Å². The molecule has 1 heterocycles. The fraction of sp³-hybridized carbons (Fsp3) is 0.429. The normalized spacial score (nSPS) is 15.8. The van der Waals surface area contributed by atoms with Gasteiger partial charge >= 0.3 is 0 Å². The molecule has 1 saturated heterocycles. The highest BCUT2D eigenvalue weighted by molar-refractivity contribution is 7.98. The summed E-state index contributed by atoms with van der Waals surface area (Å²) < 4.78 is 10.8. The van der Waals surface area contributed by atoms with Crippen molar-refractivity contribution in [3.05, 3.63) is 53.6 Å². The van der Waals surface area contributed by atoms with E-state index >= 15 is 0 Å². The molecule has 0 N–H and O–H groups in total. The smallest absolute Gasteiger partial charge is 0.127 e. The molecule has 4 nitrogen and oxygen atoms in total. The summed E-state index contributed by atoms with van der Waals surface area (Å²) in [6.45, 7) is 6.32. The summed E-state index contributed by atoms with van der Waals surface area (Å²) in [6, 6.07) is 15.0. The van der Waals surface area contributed by atoms with Crippen molar-refractivity contribution in [2.24, 2.45) is 0 Å². The van der Waals surface area contributed by atoms with Gasteiger partial charge in [0.25, 0.3) is 0 Å². The molecule has 140 valence electrons. The van der Waals surface area contributed by atoms with Gasteiger partial charge in [0.15, 0.2) is 0 Å². The molecule has 5 heteroatoms. The van der Waals surface area contributed by atoms with Gasteiger partial charge < -0.3 is 9.47 Å². The summed E-state index contributed by atoms with van der Waals surface area (Å²) in [5, 5.41) is 0. The number of piperazine rings is 1. The minimum atomic E-state index is 0.836. The largest absolute Gasteiger partial charge is 0.497 e. The molecule has 1 aliphatic rings. The van der Waals surface area contributed by atoms with E-state index in [9.17, 15) is 0 Å². The lowest BCUT2D eigenvalue weighted by Crippen LogP contribution is -2.45. The summed E-state index contributed by atoms with van der Waals surface area (Å²) in [4.78, 5) is 6.36. The summed E-state index contributed by atoms with van der Waals surface area (Å²) in [6.07, 6.45) is 2.12. The fourth-order valence-electron chi connectivity index (χ4n) is 3.32. The summed E-state index contributed by atoms with van der Waals surface area (Å²) in [5.74, 6) is 1.74. The maximum absolute atomic E-state index is 5.53. The first-order chi connectivity index (χ1) is 12.7. The van der Waals surface area contributed by atoms with Crippen LogP contribution >= 0.6 is 11.8 Å². The molecule has 2 aromatic rings. The summed E-state index contributed by atoms with van der Waals surface area (Å²) in [7, 11) is 3.40. The van der Waals surface area contributed by atoms with E-state index in [0.717, 1.165) is 50.8 Å². The fourth-order valence-corrected chi connectivity index (χ4v) is 3.73. The number of rotatable bonds is 7. The summed E-state index contributed by atoms with van der Waals surface area (Å²) in [5.41, 5.74) is 2.61. The first-order valence-corrected chi connectivity index (χ1v) is 10.2. The van der Waals surface area contributed by atoms with Gasteiger partial charge in [-0.3, -0.25) is 9.80 Å². The van der Waals surface area contributed by atoms with Crippen LogP contribution in [-0.4, -0.2) is 56.5 Å². The second kappa shape index (κ2) is 9.31. The van der Waals surface area contributed by atoms with Crippen LogP contribution in [0.5, 0.6) is 11.5 Å². The van der Waals surface area contributed by atoms with Crippen molar-refractivity contribution in [1.29, 1.82) is 0 Å². The number of methoxy groups -OCH3 is 2. The number of hydrogen-bond acceptors (Lipinski definition) is 5. The number of ether oxygens (including phenoxy) is 2. The maximum atomic E-state index is 5.53. The van der Waals surface area contributed by atoms with Gasteiger partial charge in [-0.2, -0.15) is 0 Å². The molecular formula is C21H28N2O2S. The quantitative estimate of drug-likeness (QED) is 0.690. The van der Waals surface area contributed by atoms with Crippen LogP contribution in [0.4, 0.5) is 0 Å². The third-order valence-electron chi connectivity index (χ3n) is 4.92. The van der Waals surface area contributed by atoms with Crippen LogP contribution in [0.1, 0.15) is 11.1 Å². The lowest BCUT2D eigenvalue weighted by Gasteiger charge is -2.35. The van der Waals surface area contributed by atoms with Gasteiger partial charge in [-0.05, 0) is 30.0 Å². The molecular weight excluding hydrogens is 344 g/mol. The molecule has 0 unspecified atom stereocenters. The van der Waals surface area contributed by atoms with Crippen LogP contribution in [0.25, 0.3) is 0 Å². The monoisotopic (exact) mass is 372 g/mol. The van der Waals surface area contributed by atoms with Gasteiger partial charge in [0.1, 0.15) is 11.5 Å². The molecule has 3 rings (SSSR count). The highest BCUT2D eigenvalue weighted by Gasteiger charge is 2.18. The van der Waals surface area contributed by atoms with E-state index in [2.05, 4.69) is 46.4 Å². The Kier molecular flexibility index (Phi) is 6.83. The summed E-state index contributed by atoms with van der Waals surface area (Å²) >= 11 is 1.79. The van der Waals surface area contributed by atoms with E-state index in [1.165, 1.54) is 16.0 Å². The topological polar surface area (TPSA) is 24.9 Å². The Hall–Kier alpha value is -1.69. The molecule has 0 amide bonds. The minimum absolute atomic E-state index is 0.836. The third kappa shape index (κ3) is 4.93. The van der Waals surface area contributed by atoms with Crippen LogP contribution in [0.2, 0.25) is 0 Å². The van der Waals surface area contributed by atoms with Crippen LogP contribution in [-0.2, 0) is 13.1 Å². The molecule has 0 saturated carbocycles. The van der Waals surface area contributed by atoms with Gasteiger partial charge in [0.2, 0.25) is 0 Å². The van der Waals surface area contributed by atoms with Gasteiger partial charge in [-0.1, -0.05) is 18.2 Å². The number of benzene rings is 2. The van der Waals surface area contributed by atoms with Gasteiger partial charge in [-0.15, -0.1) is 11.8 Å². The zero-order valence-electron chi connectivity index (χ0n) is 15.9. The molecule has 0 bridgehead atoms. The number of hydrogen-bond donors (Lipinski definition) is 0. The van der Waals surface area contributed by atoms with Crippen molar-refractivity contribution in [2.45, 2.75) is 18.0 Å². The highest BCUT2D eigenvalue weighted by atomic mass is 32.2. The molecule has 0 aliphatic carbocycles. The lowest BCUT2D eigenvalue weighted by molar-refractivity contribution is 0.121. The van der Waals surface area contributed by atoms with E-state index in [-0.39, 0.29) is 0 Å². The molecule has 0 aromatic heterocycles. The van der Waals surface area contributed by atoms with Crippen molar-refractivity contribution in [3.63, 3.8) is 0 Å². The zero-order valence-corrected chi connectivity index (χ0v) is 16.7. The molecule has 0 atom stereocenters. The number of nitrogens with zero attached hydrogens (tertiary/aromatic N) is 2. The minimum Gasteiger partial charge on any atom is -0.497 e. The SMILES string of the molecule is COc1ccc(CN2CCN(Cc3ccc(SC)cc3)CC2)c(OC)c1. The standard InChI is InChI=1S/C21H28N2O2S/c1-24-19-7-6-18(21(14-19)25-2)16-23-12-10-22(11-13-23)15-17-4-8-20(26-3)9-5-17/h4-9,14H,10-13,15-16H2,1-3H3. The van der Waals surface area contributed by atoms with Gasteiger partial charge in [0, 0.05) is 55.8 Å². The van der Waals surface area contributed by atoms with E-state index in [1.807, 2.05) is 12.1 Å². The Morgan fingerprint density at radius 3 is 2.08 bits per heavy atom. The highest BCUT2D eigenvalue weighted by Crippen LogP contribution is 2.26. The Bertz CT molecular complexity index is 698. The van der Waals surface area contributed by atoms with E-state index in [4.69, 9.17) is 9.47 Å². The third-order valence-corrected chi connectivity index (χ3v) is 5.66. The average molecular weight is 373 g/mol. The van der Waals surface area contributed by atoms with Crippen molar-refractivity contribution in [3.8, 4) is 11.5 Å². The number of thioether (sulfide) groups is 1. The van der Waals surface area contributed by atoms with Crippen molar-refractivity contribution in [1.82, 2.24) is 9.80 Å². The lowest BCUT2D eigenvalue weighted by atomic mass is 10.1. The van der Waals surface area contributed by atoms with Crippen molar-refractivity contribution >= 4 is 11.8 Å². The first-order valence-electron chi connectivity index (χ1n) is 9.00. The van der Waals surface area contributed by atoms with Crippen molar-refractivity contribution in [2.75, 3.05) is 46.7 Å². The van der Waals surface area contributed by atoms with Gasteiger partial charge in [-0.25, -0.2) is 0 Å². The predicted molar refractivity (Wildman–Crippen MR) is 108 cm³/mol. The Morgan fingerprint density at radius 1 is 0.846 bits per heavy atom. The molecule has 0 spiro atoms. The molecule has 1 aliphatic heterocycles. The second-order valence-corrected chi connectivity index (χ2v) is 7.46. The zero-order chi connectivity index (χ0) is 18.4. The van der Waals surface area contributed by atoms with E-state index < -0.39 is 0 Å². The van der Waals surface area contributed by atoms with Crippen LogP contribution in [0.3, 0.4) is 0 Å². The predicted octanol–water partition coefficient (Wildman–Crippen LogP) is 3.74. The molecule has 26 heavy (non-hydrogen) atoms. The Balaban J connectivity index is 1.52. The average Bonchev–Trinajstić information content (AvgIpc) is 2.70. The Morgan fingerprint density at radius 2 is 1.50 bits per heavy atom. The Labute approximate surface area is 161 Å². The maximum Gasteiger partial charge on any atom is 0.127 e. The molecule has 2 aromatic carbocycles. The second-order valence-electron chi connectivity index (χ2n) is 6.58. The van der Waals surface area contributed by atoms with Crippen LogP contribution < -0.4 is 9.47 Å². The van der Waals surface area contributed by atoms with Crippen molar-refractivity contribution < 1.29 is 9.47 Å². The van der Waals surface area contributed by atoms with Crippen LogP contribution in [0.15, 0.2) is 47.4 Å². The van der Waals surface area contributed by atoms with Crippen LogP contribution in [0, 0.1) is 0 Å². The first kappa shape index (κ1) is 19.1. The molecule has 1 fully saturated rings. The van der Waals surface area contributed by atoms with E-state index in [0.29, 0.717) is 0 Å². The van der Waals surface area contributed by atoms with E-state index in [1.54, 1.807) is 26.0 Å².